The molecule has 1 fully saturated rings. The minimum Gasteiger partial charge on any atom is -0.466 e. The van der Waals surface area contributed by atoms with Crippen LogP contribution in [0.25, 0.3) is 0 Å². The first-order chi connectivity index (χ1) is 8.61. The number of aryl methyl sites for hydroxylation is 1. The van der Waals surface area contributed by atoms with Crippen LogP contribution < -0.4 is 0 Å². The first kappa shape index (κ1) is 13.0. The maximum absolute atomic E-state index is 13.4. The average Bonchev–Trinajstić information content (AvgIpc) is 3.15. The summed E-state index contributed by atoms with van der Waals surface area (Å²) in [6, 6.07) is 2.66. The summed E-state index contributed by atoms with van der Waals surface area (Å²) in [5.74, 6) is -2.11. The third-order valence-electron chi connectivity index (χ3n) is 2.72. The molecule has 0 saturated carbocycles. The molecule has 0 aliphatic carbocycles. The van der Waals surface area contributed by atoms with Crippen molar-refractivity contribution in [2.45, 2.75) is 25.9 Å². The van der Waals surface area contributed by atoms with Gasteiger partial charge in [0.1, 0.15) is 6.10 Å². The van der Waals surface area contributed by atoms with Crippen LogP contribution in [-0.4, -0.2) is 19.2 Å². The molecule has 3 nitrogen and oxygen atoms in total. The Hall–Kier alpha value is -1.49. The van der Waals surface area contributed by atoms with Crippen molar-refractivity contribution in [2.75, 3.05) is 13.2 Å². The van der Waals surface area contributed by atoms with Crippen LogP contribution in [-0.2, 0) is 20.7 Å². The number of carbonyl (C=O) groups is 1. The van der Waals surface area contributed by atoms with Crippen molar-refractivity contribution in [1.82, 2.24) is 0 Å². The molecule has 1 aliphatic heterocycles. The summed E-state index contributed by atoms with van der Waals surface area (Å²) in [5, 5.41) is 0. The van der Waals surface area contributed by atoms with Gasteiger partial charge in [0, 0.05) is 12.0 Å². The predicted octanol–water partition coefficient (Wildman–Crippen LogP) is 2.53. The van der Waals surface area contributed by atoms with Gasteiger partial charge in [-0.1, -0.05) is 0 Å². The van der Waals surface area contributed by atoms with Gasteiger partial charge in [0.25, 0.3) is 0 Å². The Balaban J connectivity index is 2.06. The second kappa shape index (κ2) is 5.44. The zero-order valence-corrected chi connectivity index (χ0v) is 10.0. The lowest BCUT2D eigenvalue weighted by Crippen LogP contribution is -2.06. The summed E-state index contributed by atoms with van der Waals surface area (Å²) in [5.41, 5.74) is 0.807. The van der Waals surface area contributed by atoms with Gasteiger partial charge in [-0.05, 0) is 31.0 Å². The molecule has 1 aliphatic rings. The van der Waals surface area contributed by atoms with E-state index in [9.17, 15) is 13.6 Å². The van der Waals surface area contributed by atoms with E-state index < -0.39 is 11.6 Å². The molecule has 1 aromatic rings. The highest BCUT2D eigenvalue weighted by atomic mass is 19.2. The van der Waals surface area contributed by atoms with Crippen molar-refractivity contribution in [2.24, 2.45) is 0 Å². The maximum Gasteiger partial charge on any atom is 0.306 e. The summed E-state index contributed by atoms with van der Waals surface area (Å²) in [4.78, 5) is 11.2. The number of hydrogen-bond acceptors (Lipinski definition) is 3. The Morgan fingerprint density at radius 1 is 1.50 bits per heavy atom. The summed E-state index contributed by atoms with van der Waals surface area (Å²) < 4.78 is 36.5. The van der Waals surface area contributed by atoms with E-state index in [0.717, 1.165) is 6.07 Å². The van der Waals surface area contributed by atoms with E-state index >= 15 is 0 Å². The van der Waals surface area contributed by atoms with Crippen molar-refractivity contribution in [1.29, 1.82) is 0 Å². The Kier molecular flexibility index (Phi) is 3.91. The van der Waals surface area contributed by atoms with Crippen molar-refractivity contribution < 1.29 is 23.0 Å². The average molecular weight is 256 g/mol. The normalized spacial score (nSPS) is 17.6. The highest BCUT2D eigenvalue weighted by Gasteiger charge is 2.29. The standard InChI is InChI=1S/C13H14F2O3/c1-2-17-12(16)4-3-8-5-9(11-7-18-11)13(15)10(14)6-8/h5-6,11H,2-4,7H2,1H3. The van der Waals surface area contributed by atoms with E-state index in [4.69, 9.17) is 9.47 Å². The summed E-state index contributed by atoms with van der Waals surface area (Å²) >= 11 is 0. The molecule has 1 saturated heterocycles. The predicted molar refractivity (Wildman–Crippen MR) is 60.0 cm³/mol. The zero-order valence-electron chi connectivity index (χ0n) is 10.0. The van der Waals surface area contributed by atoms with Gasteiger partial charge in [-0.25, -0.2) is 8.78 Å². The smallest absolute Gasteiger partial charge is 0.306 e. The number of rotatable bonds is 5. The molecule has 0 spiro atoms. The fourth-order valence-electron chi connectivity index (χ4n) is 1.75. The molecule has 1 heterocycles. The topological polar surface area (TPSA) is 38.8 Å². The number of esters is 1. The Morgan fingerprint density at radius 3 is 2.83 bits per heavy atom. The number of benzene rings is 1. The second-order valence-corrected chi connectivity index (χ2v) is 4.11. The largest absolute Gasteiger partial charge is 0.466 e. The van der Waals surface area contributed by atoms with Crippen molar-refractivity contribution in [3.8, 4) is 0 Å². The van der Waals surface area contributed by atoms with Gasteiger partial charge < -0.3 is 9.47 Å². The van der Waals surface area contributed by atoms with Gasteiger partial charge in [-0.15, -0.1) is 0 Å². The van der Waals surface area contributed by atoms with Gasteiger partial charge in [0.2, 0.25) is 0 Å². The quantitative estimate of drug-likeness (QED) is 0.600. The molecule has 1 atom stereocenters. The molecule has 98 valence electrons. The lowest BCUT2D eigenvalue weighted by atomic mass is 10.0. The number of halogens is 2. The van der Waals surface area contributed by atoms with E-state index in [0.29, 0.717) is 25.2 Å². The summed E-state index contributed by atoms with van der Waals surface area (Å²) in [7, 11) is 0. The first-order valence-electron chi connectivity index (χ1n) is 5.87. The summed E-state index contributed by atoms with van der Waals surface area (Å²) in [6.07, 6.45) is 0.140. The fraction of sp³-hybridized carbons (Fsp3) is 0.462. The molecule has 18 heavy (non-hydrogen) atoms. The van der Waals surface area contributed by atoms with Crippen LogP contribution >= 0.6 is 0 Å². The lowest BCUT2D eigenvalue weighted by Gasteiger charge is -2.06. The highest BCUT2D eigenvalue weighted by Crippen LogP contribution is 2.33. The SMILES string of the molecule is CCOC(=O)CCc1cc(F)c(F)c(C2CO2)c1. The van der Waals surface area contributed by atoms with E-state index in [2.05, 4.69) is 0 Å². The van der Waals surface area contributed by atoms with Crippen LogP contribution in [0.3, 0.4) is 0 Å². The van der Waals surface area contributed by atoms with Crippen molar-refractivity contribution in [3.05, 3.63) is 34.9 Å². The van der Waals surface area contributed by atoms with Gasteiger partial charge in [-0.3, -0.25) is 4.79 Å². The fourth-order valence-corrected chi connectivity index (χ4v) is 1.75. The van der Waals surface area contributed by atoms with Crippen molar-refractivity contribution in [3.63, 3.8) is 0 Å². The van der Waals surface area contributed by atoms with Crippen molar-refractivity contribution >= 4 is 5.97 Å². The first-order valence-corrected chi connectivity index (χ1v) is 5.87. The van der Waals surface area contributed by atoms with E-state index in [1.54, 1.807) is 13.0 Å². The molecule has 0 N–H and O–H groups in total. The molecule has 2 rings (SSSR count). The number of ether oxygens (including phenoxy) is 2. The molecule has 0 bridgehead atoms. The highest BCUT2D eigenvalue weighted by molar-refractivity contribution is 5.69. The minimum absolute atomic E-state index is 0.157. The molecular formula is C13H14F2O3. The van der Waals surface area contributed by atoms with Crippen LogP contribution in [0.15, 0.2) is 12.1 Å². The van der Waals surface area contributed by atoms with Gasteiger partial charge in [0.15, 0.2) is 11.6 Å². The van der Waals surface area contributed by atoms with Crippen LogP contribution in [0.5, 0.6) is 0 Å². The number of epoxide rings is 1. The maximum atomic E-state index is 13.4. The molecule has 0 radical (unpaired) electrons. The molecule has 1 unspecified atom stereocenters. The molecule has 1 aromatic carbocycles. The van der Waals surface area contributed by atoms with Crippen LogP contribution in [0.2, 0.25) is 0 Å². The third kappa shape index (κ3) is 3.04. The lowest BCUT2D eigenvalue weighted by molar-refractivity contribution is -0.143. The van der Waals surface area contributed by atoms with E-state index in [1.807, 2.05) is 0 Å². The zero-order chi connectivity index (χ0) is 13.1. The molecule has 5 heteroatoms. The van der Waals surface area contributed by atoms with Gasteiger partial charge >= 0.3 is 5.97 Å². The van der Waals surface area contributed by atoms with E-state index in [1.165, 1.54) is 0 Å². The monoisotopic (exact) mass is 256 g/mol. The minimum atomic E-state index is -0.901. The summed E-state index contributed by atoms with van der Waals surface area (Å²) in [6.45, 7) is 2.45. The second-order valence-electron chi connectivity index (χ2n) is 4.11. The molecule has 0 amide bonds. The van der Waals surface area contributed by atoms with Gasteiger partial charge in [-0.2, -0.15) is 0 Å². The van der Waals surface area contributed by atoms with E-state index in [-0.39, 0.29) is 24.1 Å². The third-order valence-corrected chi connectivity index (χ3v) is 2.72. The molecule has 0 aromatic heterocycles. The van der Waals surface area contributed by atoms with Crippen LogP contribution in [0.4, 0.5) is 8.78 Å². The van der Waals surface area contributed by atoms with Gasteiger partial charge in [0.05, 0.1) is 13.2 Å². The Bertz CT molecular complexity index is 456. The molecular weight excluding hydrogens is 242 g/mol. The Labute approximate surface area is 104 Å². The number of carbonyl (C=O) groups excluding carboxylic acids is 1. The van der Waals surface area contributed by atoms with Crippen LogP contribution in [0, 0.1) is 11.6 Å². The Morgan fingerprint density at radius 2 is 2.22 bits per heavy atom. The van der Waals surface area contributed by atoms with Crippen LogP contribution in [0.1, 0.15) is 30.6 Å². The number of hydrogen-bond donors (Lipinski definition) is 0.